The summed E-state index contributed by atoms with van der Waals surface area (Å²) in [7, 11) is -0.364. The Hall–Kier alpha value is -1.41. The molecule has 1 rings (SSSR count). The van der Waals surface area contributed by atoms with Crippen molar-refractivity contribution in [2.45, 2.75) is 45.2 Å². The van der Waals surface area contributed by atoms with Crippen LogP contribution in [0.2, 0.25) is 0 Å². The molecule has 0 saturated carbocycles. The third-order valence-electron chi connectivity index (χ3n) is 3.64. The van der Waals surface area contributed by atoms with Gasteiger partial charge in [-0.25, -0.2) is 18.1 Å². The quantitative estimate of drug-likeness (QED) is 0.805. The van der Waals surface area contributed by atoms with Gasteiger partial charge in [0.1, 0.15) is 5.82 Å². The molecular weight excluding hydrogens is 304 g/mol. The Balaban J connectivity index is 2.66. The maximum absolute atomic E-state index is 12.1. The van der Waals surface area contributed by atoms with E-state index in [0.717, 1.165) is 6.42 Å². The van der Waals surface area contributed by atoms with Crippen LogP contribution in [0.3, 0.4) is 0 Å². The van der Waals surface area contributed by atoms with Crippen LogP contribution in [0.15, 0.2) is 11.2 Å². The molecule has 1 heterocycles. The Bertz CT molecular complexity index is 603. The number of nitrogens with one attached hydrogen (secondary N) is 1. The van der Waals surface area contributed by atoms with Gasteiger partial charge in [-0.15, -0.1) is 0 Å². The van der Waals surface area contributed by atoms with Crippen molar-refractivity contribution in [3.05, 3.63) is 12.0 Å². The van der Waals surface area contributed by atoms with Gasteiger partial charge in [0.25, 0.3) is 10.0 Å². The Kier molecular flexibility index (Phi) is 6.13. The molecule has 8 heteroatoms. The summed E-state index contributed by atoms with van der Waals surface area (Å²) >= 11 is 0. The molecule has 1 aromatic rings. The maximum atomic E-state index is 12.1. The van der Waals surface area contributed by atoms with Crippen molar-refractivity contribution in [2.75, 3.05) is 13.6 Å². The molecule has 22 heavy (non-hydrogen) atoms. The zero-order valence-electron chi connectivity index (χ0n) is 14.1. The van der Waals surface area contributed by atoms with Crippen LogP contribution in [0.5, 0.6) is 0 Å². The summed E-state index contributed by atoms with van der Waals surface area (Å²) in [5, 5.41) is -0.0711. The summed E-state index contributed by atoms with van der Waals surface area (Å²) in [5.74, 6) is 0.803. The number of hydrogen-bond donors (Lipinski definition) is 1. The third-order valence-corrected chi connectivity index (χ3v) is 4.91. The minimum Gasteiger partial charge on any atom is -0.342 e. The Morgan fingerprint density at radius 2 is 2.00 bits per heavy atom. The highest BCUT2D eigenvalue weighted by atomic mass is 32.2. The Morgan fingerprint density at radius 3 is 2.45 bits per heavy atom. The number of carbonyl (C=O) groups excluding carboxylic acids is 1. The Morgan fingerprint density at radius 1 is 1.41 bits per heavy atom. The molecule has 0 bridgehead atoms. The number of nitrogens with zero attached hydrogens (tertiary/aromatic N) is 3. The second-order valence-corrected chi connectivity index (χ2v) is 7.76. The smallest absolute Gasteiger partial charge is 0.260 e. The van der Waals surface area contributed by atoms with Gasteiger partial charge in [0.2, 0.25) is 5.91 Å². The van der Waals surface area contributed by atoms with Gasteiger partial charge in [0.05, 0.1) is 6.54 Å². The molecule has 1 amide bonds. The predicted molar refractivity (Wildman–Crippen MR) is 84.8 cm³/mol. The molecule has 1 aromatic heterocycles. The first-order valence-electron chi connectivity index (χ1n) is 7.30. The third kappa shape index (κ3) is 4.81. The van der Waals surface area contributed by atoms with E-state index in [1.54, 1.807) is 30.5 Å². The largest absolute Gasteiger partial charge is 0.342 e. The standard InChI is InChI=1S/C14H26N4O3S/c1-10(2)7-11(3)18(6)14(19)8-15-22(20,21)13-9-17(5)12(4)16-13/h9-11,15H,7-8H2,1-6H3/t11-/m0/s1. The van der Waals surface area contributed by atoms with Crippen molar-refractivity contribution in [3.8, 4) is 0 Å². The first kappa shape index (κ1) is 18.6. The second-order valence-electron chi connectivity index (χ2n) is 6.05. The fourth-order valence-electron chi connectivity index (χ4n) is 2.10. The van der Waals surface area contributed by atoms with Crippen molar-refractivity contribution in [3.63, 3.8) is 0 Å². The molecule has 0 radical (unpaired) electrons. The van der Waals surface area contributed by atoms with Crippen LogP contribution < -0.4 is 4.72 Å². The van der Waals surface area contributed by atoms with Crippen LogP contribution in [0.1, 0.15) is 33.0 Å². The molecule has 1 atom stereocenters. The van der Waals surface area contributed by atoms with Crippen LogP contribution in [-0.2, 0) is 21.9 Å². The van der Waals surface area contributed by atoms with E-state index in [-0.39, 0.29) is 23.5 Å². The van der Waals surface area contributed by atoms with Gasteiger partial charge in [-0.05, 0) is 26.2 Å². The van der Waals surface area contributed by atoms with E-state index in [1.165, 1.54) is 6.20 Å². The monoisotopic (exact) mass is 330 g/mol. The molecule has 0 saturated heterocycles. The number of sulfonamides is 1. The van der Waals surface area contributed by atoms with Gasteiger partial charge in [-0.2, -0.15) is 0 Å². The maximum Gasteiger partial charge on any atom is 0.260 e. The minimum atomic E-state index is -3.77. The SMILES string of the molecule is Cc1nc(S(=O)(=O)NCC(=O)N(C)[C@@H](C)CC(C)C)cn1C. The van der Waals surface area contributed by atoms with Crippen molar-refractivity contribution in [1.29, 1.82) is 0 Å². The number of rotatable bonds is 7. The normalized spacial score (nSPS) is 13.4. The Labute approximate surface area is 132 Å². The number of aromatic nitrogens is 2. The number of carbonyl (C=O) groups is 1. The molecule has 0 aliphatic rings. The minimum absolute atomic E-state index is 0.0640. The van der Waals surface area contributed by atoms with E-state index in [0.29, 0.717) is 11.7 Å². The number of hydrogen-bond acceptors (Lipinski definition) is 4. The highest BCUT2D eigenvalue weighted by Gasteiger charge is 2.22. The predicted octanol–water partition coefficient (Wildman–Crippen LogP) is 0.900. The number of imidazole rings is 1. The van der Waals surface area contributed by atoms with Gasteiger partial charge < -0.3 is 9.47 Å². The summed E-state index contributed by atoms with van der Waals surface area (Å²) in [4.78, 5) is 17.6. The summed E-state index contributed by atoms with van der Waals surface area (Å²) in [6, 6.07) is 0.0640. The lowest BCUT2D eigenvalue weighted by atomic mass is 10.0. The lowest BCUT2D eigenvalue weighted by Crippen LogP contribution is -2.42. The van der Waals surface area contributed by atoms with Gasteiger partial charge >= 0.3 is 0 Å². The molecule has 0 aliphatic carbocycles. The molecule has 0 unspecified atom stereocenters. The fraction of sp³-hybridized carbons (Fsp3) is 0.714. The van der Waals surface area contributed by atoms with E-state index < -0.39 is 10.0 Å². The highest BCUT2D eigenvalue weighted by Crippen LogP contribution is 2.10. The molecule has 1 N–H and O–H groups in total. The van der Waals surface area contributed by atoms with Crippen LogP contribution in [0.25, 0.3) is 0 Å². The summed E-state index contributed by atoms with van der Waals surface area (Å²) in [6.07, 6.45) is 2.29. The van der Waals surface area contributed by atoms with Crippen molar-refractivity contribution in [1.82, 2.24) is 19.2 Å². The zero-order valence-corrected chi connectivity index (χ0v) is 14.9. The molecule has 7 nitrogen and oxygen atoms in total. The van der Waals surface area contributed by atoms with E-state index in [2.05, 4.69) is 23.6 Å². The van der Waals surface area contributed by atoms with Crippen LogP contribution in [0.4, 0.5) is 0 Å². The lowest BCUT2D eigenvalue weighted by Gasteiger charge is -2.26. The summed E-state index contributed by atoms with van der Waals surface area (Å²) < 4.78 is 28.2. The van der Waals surface area contributed by atoms with Crippen molar-refractivity contribution in [2.24, 2.45) is 13.0 Å². The van der Waals surface area contributed by atoms with Gasteiger partial charge in [-0.3, -0.25) is 4.79 Å². The molecular formula is C14H26N4O3S. The van der Waals surface area contributed by atoms with E-state index in [1.807, 2.05) is 6.92 Å². The van der Waals surface area contributed by atoms with Gasteiger partial charge in [0, 0.05) is 26.3 Å². The van der Waals surface area contributed by atoms with Gasteiger partial charge in [0.15, 0.2) is 5.03 Å². The van der Waals surface area contributed by atoms with Crippen molar-refractivity contribution < 1.29 is 13.2 Å². The molecule has 0 spiro atoms. The van der Waals surface area contributed by atoms with E-state index in [4.69, 9.17) is 0 Å². The summed E-state index contributed by atoms with van der Waals surface area (Å²) in [6.45, 7) is 7.57. The number of aryl methyl sites for hydroxylation is 2. The summed E-state index contributed by atoms with van der Waals surface area (Å²) in [5.41, 5.74) is 0. The average molecular weight is 330 g/mol. The highest BCUT2D eigenvalue weighted by molar-refractivity contribution is 7.89. The van der Waals surface area contributed by atoms with E-state index >= 15 is 0 Å². The van der Waals surface area contributed by atoms with Crippen LogP contribution in [-0.4, -0.2) is 48.4 Å². The first-order chi connectivity index (χ1) is 10.0. The molecule has 0 aromatic carbocycles. The number of likely N-dealkylation sites (N-methyl/N-ethyl adjacent to an activating group) is 1. The first-order valence-corrected chi connectivity index (χ1v) is 8.78. The van der Waals surface area contributed by atoms with Crippen LogP contribution >= 0.6 is 0 Å². The van der Waals surface area contributed by atoms with E-state index in [9.17, 15) is 13.2 Å². The van der Waals surface area contributed by atoms with Crippen molar-refractivity contribution >= 4 is 15.9 Å². The molecule has 126 valence electrons. The molecule has 0 fully saturated rings. The molecule has 0 aliphatic heterocycles. The fourth-order valence-corrected chi connectivity index (χ4v) is 3.11. The lowest BCUT2D eigenvalue weighted by molar-refractivity contribution is -0.130. The zero-order chi connectivity index (χ0) is 17.1. The number of amides is 1. The second kappa shape index (κ2) is 7.23. The van der Waals surface area contributed by atoms with Crippen LogP contribution in [0, 0.1) is 12.8 Å². The van der Waals surface area contributed by atoms with Gasteiger partial charge in [-0.1, -0.05) is 13.8 Å². The average Bonchev–Trinajstić information content (AvgIpc) is 2.75. The topological polar surface area (TPSA) is 84.3 Å².